The van der Waals surface area contributed by atoms with E-state index in [1.165, 1.54) is 41.7 Å². The Morgan fingerprint density at radius 1 is 0.897 bits per heavy atom. The van der Waals surface area contributed by atoms with Gasteiger partial charge >= 0.3 is 5.97 Å². The number of amides is 1. The Morgan fingerprint density at radius 2 is 1.44 bits per heavy atom. The zero-order valence-electron chi connectivity index (χ0n) is 22.6. The number of nitrogens with one attached hydrogen (secondary N) is 1. The second-order valence-electron chi connectivity index (χ2n) is 9.78. The summed E-state index contributed by atoms with van der Waals surface area (Å²) in [5.41, 5.74) is 5.29. The molecule has 0 saturated heterocycles. The average molecular weight is 552 g/mol. The van der Waals surface area contributed by atoms with Crippen molar-refractivity contribution in [2.75, 3.05) is 48.4 Å². The van der Waals surface area contributed by atoms with Crippen molar-refractivity contribution in [1.29, 1.82) is 0 Å². The van der Waals surface area contributed by atoms with Crippen molar-refractivity contribution in [2.45, 2.75) is 26.7 Å². The van der Waals surface area contributed by atoms with E-state index >= 15 is 0 Å². The smallest absolute Gasteiger partial charge is 0.310 e. The highest BCUT2D eigenvalue weighted by atomic mass is 35.5. The van der Waals surface area contributed by atoms with Crippen LogP contribution in [0.25, 0.3) is 0 Å². The molecule has 3 aromatic carbocycles. The predicted octanol–water partition coefficient (Wildman–Crippen LogP) is 5.97. The highest BCUT2D eigenvalue weighted by Gasteiger charge is 2.29. The number of carbonyl (C=O) groups excluding carboxylic acids is 2. The van der Waals surface area contributed by atoms with Gasteiger partial charge in [-0.3, -0.25) is 9.59 Å². The molecule has 6 nitrogen and oxygen atoms in total. The number of methoxy groups -OCH3 is 1. The summed E-state index contributed by atoms with van der Waals surface area (Å²) in [5, 5.41) is 2.84. The van der Waals surface area contributed by atoms with Gasteiger partial charge in [-0.2, -0.15) is 0 Å². The summed E-state index contributed by atoms with van der Waals surface area (Å²) in [7, 11) is 1.46. The number of hydrogen-bond acceptors (Lipinski definition) is 5. The lowest BCUT2D eigenvalue weighted by Gasteiger charge is -2.34. The van der Waals surface area contributed by atoms with Gasteiger partial charge in [0.25, 0.3) is 0 Å². The maximum atomic E-state index is 13.5. The summed E-state index contributed by atoms with van der Waals surface area (Å²) in [4.78, 5) is 28.6. The fourth-order valence-electron chi connectivity index (χ4n) is 5.29. The molecule has 0 fully saturated rings. The summed E-state index contributed by atoms with van der Waals surface area (Å²) in [6.45, 7) is 7.37. The first kappa shape index (κ1) is 28.4. The lowest BCUT2D eigenvalue weighted by Crippen LogP contribution is -2.40. The molecule has 0 spiro atoms. The number of hydrogen-bond donors (Lipinski definition) is 1. The molecule has 1 amide bonds. The lowest BCUT2D eigenvalue weighted by atomic mass is 9.91. The maximum absolute atomic E-state index is 13.5. The number of ether oxygens (including phenoxy) is 1. The number of esters is 1. The van der Waals surface area contributed by atoms with E-state index in [4.69, 9.17) is 16.3 Å². The summed E-state index contributed by atoms with van der Waals surface area (Å²) in [5.74, 6) is -0.926. The third-order valence-corrected chi connectivity index (χ3v) is 7.64. The van der Waals surface area contributed by atoms with E-state index < -0.39 is 5.82 Å². The van der Waals surface area contributed by atoms with Gasteiger partial charge in [-0.25, -0.2) is 4.39 Å². The van der Waals surface area contributed by atoms with Crippen molar-refractivity contribution in [3.63, 3.8) is 0 Å². The standard InChI is InChI=1S/C18H18ClFN2O.C13H17NO2/c1-2-22-11-13(9-12-5-3-4-6-17(12)22)18(23)21-14-7-8-15(19)16(20)10-14;1-3-14-9-11(13(15)16-2)8-10-6-4-5-7-12(10)14/h3-8,10,13H,2,9,11H2,1H3,(H,21,23);4-7,11H,3,8-9H2,1-2H3. The molecule has 2 unspecified atom stereocenters. The molecular formula is C31H35ClFN3O3. The van der Waals surface area contributed by atoms with Crippen molar-refractivity contribution in [3.05, 3.63) is 88.7 Å². The number of fused-ring (bicyclic) bond motifs is 2. The fraction of sp³-hybridized carbons (Fsp3) is 0.355. The van der Waals surface area contributed by atoms with Gasteiger partial charge in [0.1, 0.15) is 5.82 Å². The molecule has 0 aliphatic carbocycles. The molecule has 3 aromatic rings. The summed E-state index contributed by atoms with van der Waals surface area (Å²) in [6, 6.07) is 20.7. The maximum Gasteiger partial charge on any atom is 0.310 e. The van der Waals surface area contributed by atoms with Gasteiger partial charge in [0, 0.05) is 43.2 Å². The molecule has 8 heteroatoms. The van der Waals surface area contributed by atoms with Gasteiger partial charge in [-0.05, 0) is 68.1 Å². The first-order chi connectivity index (χ1) is 18.8. The highest BCUT2D eigenvalue weighted by Crippen LogP contribution is 2.31. The fourth-order valence-corrected chi connectivity index (χ4v) is 5.41. The molecule has 0 radical (unpaired) electrons. The van der Waals surface area contributed by atoms with Crippen LogP contribution in [0.15, 0.2) is 66.7 Å². The van der Waals surface area contributed by atoms with Crippen LogP contribution >= 0.6 is 11.6 Å². The number of para-hydroxylation sites is 2. The second kappa shape index (κ2) is 13.0. The van der Waals surface area contributed by atoms with Gasteiger partial charge in [-0.1, -0.05) is 48.0 Å². The number of nitrogens with zero attached hydrogens (tertiary/aromatic N) is 2. The SMILES string of the molecule is CCN1CC(C(=O)Nc2ccc(Cl)c(F)c2)Cc2ccccc21.CCN1CC(C(=O)OC)Cc2ccccc21. The minimum Gasteiger partial charge on any atom is -0.469 e. The van der Waals surface area contributed by atoms with Crippen LogP contribution in [0.2, 0.25) is 5.02 Å². The van der Waals surface area contributed by atoms with Crippen molar-refractivity contribution in [2.24, 2.45) is 11.8 Å². The van der Waals surface area contributed by atoms with E-state index in [1.807, 2.05) is 24.3 Å². The molecule has 2 aliphatic heterocycles. The molecule has 2 atom stereocenters. The number of anilines is 3. The van der Waals surface area contributed by atoms with Crippen LogP contribution in [0.4, 0.5) is 21.5 Å². The Hall–Kier alpha value is -3.58. The van der Waals surface area contributed by atoms with Crippen LogP contribution in [0.3, 0.4) is 0 Å². The largest absolute Gasteiger partial charge is 0.469 e. The third kappa shape index (κ3) is 6.71. The van der Waals surface area contributed by atoms with E-state index in [0.717, 1.165) is 26.1 Å². The Bertz CT molecular complexity index is 1320. The molecule has 1 N–H and O–H groups in total. The summed E-state index contributed by atoms with van der Waals surface area (Å²) >= 11 is 5.67. The molecule has 0 saturated carbocycles. The summed E-state index contributed by atoms with van der Waals surface area (Å²) in [6.07, 6.45) is 1.48. The van der Waals surface area contributed by atoms with Crippen molar-refractivity contribution in [1.82, 2.24) is 0 Å². The zero-order valence-corrected chi connectivity index (χ0v) is 23.4. The highest BCUT2D eigenvalue weighted by molar-refractivity contribution is 6.30. The first-order valence-electron chi connectivity index (χ1n) is 13.3. The molecule has 0 aromatic heterocycles. The number of rotatable bonds is 5. The quantitative estimate of drug-likeness (QED) is 0.396. The zero-order chi connectivity index (χ0) is 27.9. The minimum absolute atomic E-state index is 0.0279. The van der Waals surface area contributed by atoms with E-state index in [2.05, 4.69) is 53.2 Å². The van der Waals surface area contributed by atoms with Crippen molar-refractivity contribution < 1.29 is 18.7 Å². The second-order valence-corrected chi connectivity index (χ2v) is 10.2. The Kier molecular flexibility index (Phi) is 9.46. The molecule has 2 heterocycles. The lowest BCUT2D eigenvalue weighted by molar-refractivity contribution is -0.145. The molecular weight excluding hydrogens is 517 g/mol. The van der Waals surface area contributed by atoms with Gasteiger partial charge < -0.3 is 19.9 Å². The number of carbonyl (C=O) groups is 2. The Morgan fingerprint density at radius 3 is 1.97 bits per heavy atom. The van der Waals surface area contributed by atoms with Gasteiger partial charge in [0.05, 0.1) is 24.0 Å². The average Bonchev–Trinajstić information content (AvgIpc) is 2.97. The van der Waals surface area contributed by atoms with Gasteiger partial charge in [-0.15, -0.1) is 0 Å². The Balaban J connectivity index is 0.000000193. The molecule has 2 aliphatic rings. The molecule has 5 rings (SSSR count). The first-order valence-corrected chi connectivity index (χ1v) is 13.7. The topological polar surface area (TPSA) is 61.9 Å². The third-order valence-electron chi connectivity index (χ3n) is 7.33. The number of halogens is 2. The normalized spacial score (nSPS) is 17.8. The van der Waals surface area contributed by atoms with Gasteiger partial charge in [0.15, 0.2) is 0 Å². The van der Waals surface area contributed by atoms with Crippen LogP contribution in [0.1, 0.15) is 25.0 Å². The van der Waals surface area contributed by atoms with Crippen LogP contribution in [0.5, 0.6) is 0 Å². The van der Waals surface area contributed by atoms with E-state index in [9.17, 15) is 14.0 Å². The van der Waals surface area contributed by atoms with Crippen LogP contribution < -0.4 is 15.1 Å². The molecule has 0 bridgehead atoms. The van der Waals surface area contributed by atoms with E-state index in [1.54, 1.807) is 6.07 Å². The molecule has 206 valence electrons. The molecule has 39 heavy (non-hydrogen) atoms. The van der Waals surface area contributed by atoms with E-state index in [0.29, 0.717) is 18.7 Å². The van der Waals surface area contributed by atoms with E-state index in [-0.39, 0.29) is 28.7 Å². The van der Waals surface area contributed by atoms with Crippen LogP contribution in [-0.4, -0.2) is 45.2 Å². The van der Waals surface area contributed by atoms with Crippen LogP contribution in [-0.2, 0) is 27.2 Å². The van der Waals surface area contributed by atoms with Crippen LogP contribution in [0, 0.1) is 17.7 Å². The Labute approximate surface area is 234 Å². The monoisotopic (exact) mass is 551 g/mol. The predicted molar refractivity (Wildman–Crippen MR) is 155 cm³/mol. The number of benzene rings is 3. The van der Waals surface area contributed by atoms with Gasteiger partial charge in [0.2, 0.25) is 5.91 Å². The van der Waals surface area contributed by atoms with Crippen molar-refractivity contribution >= 4 is 40.5 Å². The summed E-state index contributed by atoms with van der Waals surface area (Å²) < 4.78 is 18.3. The minimum atomic E-state index is -0.534. The van der Waals surface area contributed by atoms with Crippen molar-refractivity contribution in [3.8, 4) is 0 Å².